The van der Waals surface area contributed by atoms with Crippen molar-refractivity contribution in [2.45, 2.75) is 59.0 Å². The molecule has 0 aromatic rings. The Bertz CT molecular complexity index is 231. The SMILES string of the molecule is CC1(C)C(CNC2CCC(N)C2)C1(C)C. The van der Waals surface area contributed by atoms with E-state index in [0.29, 0.717) is 22.9 Å². The van der Waals surface area contributed by atoms with Crippen LogP contribution in [0.25, 0.3) is 0 Å². The van der Waals surface area contributed by atoms with Crippen LogP contribution in [0.5, 0.6) is 0 Å². The zero-order valence-corrected chi connectivity index (χ0v) is 10.6. The molecule has 0 aromatic heterocycles. The summed E-state index contributed by atoms with van der Waals surface area (Å²) in [5, 5.41) is 3.71. The van der Waals surface area contributed by atoms with E-state index in [1.165, 1.54) is 25.8 Å². The Balaban J connectivity index is 1.76. The van der Waals surface area contributed by atoms with Crippen LogP contribution in [0.1, 0.15) is 47.0 Å². The summed E-state index contributed by atoms with van der Waals surface area (Å²) in [6.07, 6.45) is 3.65. The minimum Gasteiger partial charge on any atom is -0.328 e. The maximum Gasteiger partial charge on any atom is 0.00824 e. The third kappa shape index (κ3) is 1.83. The Kier molecular flexibility index (Phi) is 2.63. The lowest BCUT2D eigenvalue weighted by molar-refractivity contribution is 0.457. The number of nitrogens with one attached hydrogen (secondary N) is 1. The smallest absolute Gasteiger partial charge is 0.00824 e. The zero-order chi connectivity index (χ0) is 11.3. The van der Waals surface area contributed by atoms with Crippen molar-refractivity contribution in [3.63, 3.8) is 0 Å². The maximum atomic E-state index is 5.91. The van der Waals surface area contributed by atoms with E-state index >= 15 is 0 Å². The standard InChI is InChI=1S/C13H26N2/c1-12(2)11(13(12,3)4)8-15-10-6-5-9(14)7-10/h9-11,15H,5-8,14H2,1-4H3. The van der Waals surface area contributed by atoms with Gasteiger partial charge in [0.05, 0.1) is 0 Å². The molecule has 0 spiro atoms. The first-order valence-electron chi connectivity index (χ1n) is 6.34. The minimum absolute atomic E-state index is 0.447. The lowest BCUT2D eigenvalue weighted by atomic mass is 10.0. The number of hydrogen-bond donors (Lipinski definition) is 2. The predicted octanol–water partition coefficient (Wildman–Crippen LogP) is 2.14. The van der Waals surface area contributed by atoms with Crippen molar-refractivity contribution in [2.24, 2.45) is 22.5 Å². The van der Waals surface area contributed by atoms with Crippen molar-refractivity contribution in [3.8, 4) is 0 Å². The molecule has 2 nitrogen and oxygen atoms in total. The van der Waals surface area contributed by atoms with Crippen molar-refractivity contribution in [1.29, 1.82) is 0 Å². The van der Waals surface area contributed by atoms with E-state index in [1.54, 1.807) is 0 Å². The number of hydrogen-bond acceptors (Lipinski definition) is 2. The number of rotatable bonds is 3. The van der Waals surface area contributed by atoms with Gasteiger partial charge in [0.15, 0.2) is 0 Å². The average Bonchev–Trinajstić information content (AvgIpc) is 2.50. The van der Waals surface area contributed by atoms with Gasteiger partial charge in [-0.2, -0.15) is 0 Å². The molecular formula is C13H26N2. The highest BCUT2D eigenvalue weighted by Crippen LogP contribution is 2.67. The lowest BCUT2D eigenvalue weighted by Gasteiger charge is -2.13. The highest BCUT2D eigenvalue weighted by Gasteiger charge is 2.63. The fraction of sp³-hybridized carbons (Fsp3) is 1.00. The Morgan fingerprint density at radius 1 is 1.13 bits per heavy atom. The van der Waals surface area contributed by atoms with Gasteiger partial charge in [0.2, 0.25) is 0 Å². The van der Waals surface area contributed by atoms with E-state index in [1.807, 2.05) is 0 Å². The Hall–Kier alpha value is -0.0800. The zero-order valence-electron chi connectivity index (χ0n) is 10.6. The molecule has 2 rings (SSSR count). The third-order valence-corrected chi connectivity index (χ3v) is 5.40. The van der Waals surface area contributed by atoms with Gasteiger partial charge in [-0.3, -0.25) is 0 Å². The predicted molar refractivity (Wildman–Crippen MR) is 64.7 cm³/mol. The quantitative estimate of drug-likeness (QED) is 0.749. The van der Waals surface area contributed by atoms with E-state index in [4.69, 9.17) is 5.73 Å². The first-order chi connectivity index (χ1) is 6.85. The van der Waals surface area contributed by atoms with Gasteiger partial charge in [0.25, 0.3) is 0 Å². The molecular weight excluding hydrogens is 184 g/mol. The summed E-state index contributed by atoms with van der Waals surface area (Å²) in [6, 6.07) is 1.13. The molecule has 0 radical (unpaired) electrons. The fourth-order valence-electron chi connectivity index (χ4n) is 3.33. The monoisotopic (exact) mass is 210 g/mol. The second kappa shape index (κ2) is 3.46. The number of nitrogens with two attached hydrogens (primary N) is 1. The molecule has 15 heavy (non-hydrogen) atoms. The van der Waals surface area contributed by atoms with Crippen LogP contribution in [0.15, 0.2) is 0 Å². The van der Waals surface area contributed by atoms with Crippen LogP contribution in [-0.4, -0.2) is 18.6 Å². The lowest BCUT2D eigenvalue weighted by Crippen LogP contribution is -2.31. The van der Waals surface area contributed by atoms with Crippen molar-refractivity contribution in [3.05, 3.63) is 0 Å². The van der Waals surface area contributed by atoms with Gasteiger partial charge >= 0.3 is 0 Å². The van der Waals surface area contributed by atoms with Crippen molar-refractivity contribution < 1.29 is 0 Å². The van der Waals surface area contributed by atoms with Gasteiger partial charge in [-0.05, 0) is 42.6 Å². The van der Waals surface area contributed by atoms with Crippen molar-refractivity contribution >= 4 is 0 Å². The first-order valence-corrected chi connectivity index (χ1v) is 6.34. The molecule has 2 aliphatic rings. The van der Waals surface area contributed by atoms with Crippen LogP contribution >= 0.6 is 0 Å². The first kappa shape index (κ1) is 11.4. The largest absolute Gasteiger partial charge is 0.328 e. The van der Waals surface area contributed by atoms with Gasteiger partial charge < -0.3 is 11.1 Å². The molecule has 2 saturated carbocycles. The van der Waals surface area contributed by atoms with E-state index in [-0.39, 0.29) is 0 Å². The van der Waals surface area contributed by atoms with Crippen LogP contribution in [0.2, 0.25) is 0 Å². The molecule has 2 heteroatoms. The molecule has 2 atom stereocenters. The van der Waals surface area contributed by atoms with Gasteiger partial charge in [-0.15, -0.1) is 0 Å². The normalized spacial score (nSPS) is 38.2. The molecule has 2 aliphatic carbocycles. The van der Waals surface area contributed by atoms with Crippen LogP contribution in [0.3, 0.4) is 0 Å². The molecule has 2 unspecified atom stereocenters. The van der Waals surface area contributed by atoms with Crippen LogP contribution in [-0.2, 0) is 0 Å². The van der Waals surface area contributed by atoms with E-state index in [9.17, 15) is 0 Å². The molecule has 0 bridgehead atoms. The van der Waals surface area contributed by atoms with E-state index in [2.05, 4.69) is 33.0 Å². The molecule has 0 heterocycles. The molecule has 3 N–H and O–H groups in total. The summed E-state index contributed by atoms with van der Waals surface area (Å²) in [6.45, 7) is 10.7. The Morgan fingerprint density at radius 3 is 2.13 bits per heavy atom. The fourth-order valence-corrected chi connectivity index (χ4v) is 3.33. The summed E-state index contributed by atoms with van der Waals surface area (Å²) >= 11 is 0. The summed E-state index contributed by atoms with van der Waals surface area (Å²) < 4.78 is 0. The van der Waals surface area contributed by atoms with Gasteiger partial charge in [-0.25, -0.2) is 0 Å². The maximum absolute atomic E-state index is 5.91. The van der Waals surface area contributed by atoms with Crippen LogP contribution < -0.4 is 11.1 Å². The molecule has 88 valence electrons. The second-order valence-electron chi connectivity index (χ2n) is 6.67. The highest BCUT2D eigenvalue weighted by molar-refractivity contribution is 5.13. The summed E-state index contributed by atoms with van der Waals surface area (Å²) in [7, 11) is 0. The van der Waals surface area contributed by atoms with Gasteiger partial charge in [-0.1, -0.05) is 27.7 Å². The molecule has 0 aromatic carbocycles. The molecule has 0 saturated heterocycles. The molecule has 2 fully saturated rings. The average molecular weight is 210 g/mol. The van der Waals surface area contributed by atoms with Gasteiger partial charge in [0, 0.05) is 12.1 Å². The van der Waals surface area contributed by atoms with E-state index in [0.717, 1.165) is 5.92 Å². The van der Waals surface area contributed by atoms with E-state index < -0.39 is 0 Å². The molecule has 0 aliphatic heterocycles. The van der Waals surface area contributed by atoms with Crippen LogP contribution in [0.4, 0.5) is 0 Å². The van der Waals surface area contributed by atoms with Crippen LogP contribution in [0, 0.1) is 16.7 Å². The Morgan fingerprint density at radius 2 is 1.73 bits per heavy atom. The summed E-state index contributed by atoms with van der Waals surface area (Å²) in [4.78, 5) is 0. The summed E-state index contributed by atoms with van der Waals surface area (Å²) in [5.74, 6) is 0.835. The highest BCUT2D eigenvalue weighted by atomic mass is 15.0. The Labute approximate surface area is 94.0 Å². The third-order valence-electron chi connectivity index (χ3n) is 5.40. The summed E-state index contributed by atoms with van der Waals surface area (Å²) in [5.41, 5.74) is 6.94. The topological polar surface area (TPSA) is 38.0 Å². The molecule has 0 amide bonds. The van der Waals surface area contributed by atoms with Crippen molar-refractivity contribution in [1.82, 2.24) is 5.32 Å². The van der Waals surface area contributed by atoms with Crippen molar-refractivity contribution in [2.75, 3.05) is 6.54 Å². The van der Waals surface area contributed by atoms with Gasteiger partial charge in [0.1, 0.15) is 0 Å². The minimum atomic E-state index is 0.447. The second-order valence-corrected chi connectivity index (χ2v) is 6.67.